The molecule has 0 aliphatic carbocycles. The van der Waals surface area contributed by atoms with Gasteiger partial charge in [-0.1, -0.05) is 13.8 Å². The second kappa shape index (κ2) is 9.62. The Bertz CT molecular complexity index is 528. The molecule has 3 atom stereocenters. The maximum absolute atomic E-state index is 12.7. The van der Waals surface area contributed by atoms with Crippen LogP contribution in [0.2, 0.25) is 0 Å². The number of carbonyl (C=O) groups excluding carboxylic acids is 3. The van der Waals surface area contributed by atoms with Gasteiger partial charge in [0.05, 0.1) is 6.04 Å². The van der Waals surface area contributed by atoms with Crippen LogP contribution in [-0.4, -0.2) is 70.7 Å². The van der Waals surface area contributed by atoms with E-state index in [4.69, 9.17) is 10.8 Å². The molecule has 0 aromatic rings. The molecule has 1 fully saturated rings. The number of carboxylic acids is 1. The van der Waals surface area contributed by atoms with E-state index in [0.29, 0.717) is 19.4 Å². The third kappa shape index (κ3) is 5.89. The molecule has 0 aromatic carbocycles. The Morgan fingerprint density at radius 3 is 2.48 bits per heavy atom. The maximum atomic E-state index is 12.7. The number of rotatable bonds is 8. The van der Waals surface area contributed by atoms with E-state index in [1.165, 1.54) is 4.90 Å². The highest BCUT2D eigenvalue weighted by Crippen LogP contribution is 2.19. The molecule has 1 saturated heterocycles. The first kappa shape index (κ1) is 21.2. The molecule has 1 aliphatic rings. The van der Waals surface area contributed by atoms with Crippen LogP contribution in [0.15, 0.2) is 0 Å². The van der Waals surface area contributed by atoms with Crippen molar-refractivity contribution in [3.05, 3.63) is 0 Å². The fraction of sp³-hybridized carbons (Fsp3) is 0.733. The van der Waals surface area contributed by atoms with Crippen molar-refractivity contribution in [2.24, 2.45) is 11.7 Å². The first-order valence-corrected chi connectivity index (χ1v) is 8.79. The van der Waals surface area contributed by atoms with Crippen molar-refractivity contribution in [2.75, 3.05) is 18.8 Å². The first-order valence-electron chi connectivity index (χ1n) is 8.15. The lowest BCUT2D eigenvalue weighted by atomic mass is 10.0. The Labute approximate surface area is 152 Å². The fourth-order valence-corrected chi connectivity index (χ4v) is 2.79. The smallest absolute Gasteiger partial charge is 0.322 e. The number of amides is 3. The molecule has 3 amide bonds. The predicted octanol–water partition coefficient (Wildman–Crippen LogP) is -1.42. The summed E-state index contributed by atoms with van der Waals surface area (Å²) < 4.78 is 0. The highest BCUT2D eigenvalue weighted by atomic mass is 32.1. The number of nitrogens with zero attached hydrogens (tertiary/aromatic N) is 1. The SMILES string of the molecule is CC(C)C(N)C(=O)NC(CS)C(=O)N1CCCC1C(=O)NCC(=O)O. The van der Waals surface area contributed by atoms with Crippen molar-refractivity contribution in [3.8, 4) is 0 Å². The Kier molecular flexibility index (Phi) is 8.17. The highest BCUT2D eigenvalue weighted by molar-refractivity contribution is 7.80. The van der Waals surface area contributed by atoms with Crippen LogP contribution in [0.3, 0.4) is 0 Å². The van der Waals surface area contributed by atoms with E-state index in [1.807, 2.05) is 0 Å². The summed E-state index contributed by atoms with van der Waals surface area (Å²) in [5, 5.41) is 13.5. The van der Waals surface area contributed by atoms with Crippen molar-refractivity contribution < 1.29 is 24.3 Å². The Morgan fingerprint density at radius 1 is 1.32 bits per heavy atom. The van der Waals surface area contributed by atoms with Crippen LogP contribution in [-0.2, 0) is 19.2 Å². The van der Waals surface area contributed by atoms with E-state index in [-0.39, 0.29) is 11.7 Å². The normalized spacial score (nSPS) is 19.4. The second-order valence-electron chi connectivity index (χ2n) is 6.31. The van der Waals surface area contributed by atoms with Gasteiger partial charge in [-0.05, 0) is 18.8 Å². The van der Waals surface area contributed by atoms with Crippen LogP contribution in [0.25, 0.3) is 0 Å². The first-order chi connectivity index (χ1) is 11.7. The third-order valence-electron chi connectivity index (χ3n) is 4.07. The Balaban J connectivity index is 2.75. The van der Waals surface area contributed by atoms with E-state index in [0.717, 1.165) is 0 Å². The van der Waals surface area contributed by atoms with Gasteiger partial charge in [-0.25, -0.2) is 0 Å². The van der Waals surface area contributed by atoms with Crippen molar-refractivity contribution in [3.63, 3.8) is 0 Å². The van der Waals surface area contributed by atoms with E-state index in [2.05, 4.69) is 23.3 Å². The average molecular weight is 374 g/mol. The monoisotopic (exact) mass is 374 g/mol. The van der Waals surface area contributed by atoms with E-state index >= 15 is 0 Å². The number of thiol groups is 1. The van der Waals surface area contributed by atoms with Gasteiger partial charge in [0.2, 0.25) is 17.7 Å². The molecular weight excluding hydrogens is 348 g/mol. The zero-order valence-corrected chi connectivity index (χ0v) is 15.3. The molecule has 10 heteroatoms. The zero-order chi connectivity index (χ0) is 19.1. The quantitative estimate of drug-likeness (QED) is 0.330. The van der Waals surface area contributed by atoms with Gasteiger partial charge in [0.25, 0.3) is 0 Å². The lowest BCUT2D eigenvalue weighted by Crippen LogP contribution is -2.57. The molecule has 9 nitrogen and oxygen atoms in total. The summed E-state index contributed by atoms with van der Waals surface area (Å²) in [7, 11) is 0. The molecule has 0 bridgehead atoms. The molecule has 0 spiro atoms. The molecule has 25 heavy (non-hydrogen) atoms. The highest BCUT2D eigenvalue weighted by Gasteiger charge is 2.37. The summed E-state index contributed by atoms with van der Waals surface area (Å²) >= 11 is 4.11. The van der Waals surface area contributed by atoms with Gasteiger partial charge in [-0.15, -0.1) is 0 Å². The number of carbonyl (C=O) groups is 4. The number of nitrogens with one attached hydrogen (secondary N) is 2. The summed E-state index contributed by atoms with van der Waals surface area (Å²) in [5.74, 6) is -2.57. The lowest BCUT2D eigenvalue weighted by Gasteiger charge is -2.28. The van der Waals surface area contributed by atoms with Crippen LogP contribution < -0.4 is 16.4 Å². The molecule has 0 saturated carbocycles. The van der Waals surface area contributed by atoms with Crippen LogP contribution in [0.1, 0.15) is 26.7 Å². The molecule has 3 unspecified atom stereocenters. The minimum Gasteiger partial charge on any atom is -0.480 e. The summed E-state index contributed by atoms with van der Waals surface area (Å²) in [6, 6.07) is -2.39. The molecule has 0 aromatic heterocycles. The largest absolute Gasteiger partial charge is 0.480 e. The topological polar surface area (TPSA) is 142 Å². The van der Waals surface area contributed by atoms with E-state index < -0.39 is 48.4 Å². The van der Waals surface area contributed by atoms with Gasteiger partial charge in [-0.3, -0.25) is 19.2 Å². The Morgan fingerprint density at radius 2 is 1.96 bits per heavy atom. The van der Waals surface area contributed by atoms with Gasteiger partial charge >= 0.3 is 5.97 Å². The van der Waals surface area contributed by atoms with Crippen LogP contribution in [0.4, 0.5) is 0 Å². The fourth-order valence-electron chi connectivity index (χ4n) is 2.54. The number of likely N-dealkylation sites (tertiary alicyclic amines) is 1. The molecule has 1 heterocycles. The van der Waals surface area contributed by atoms with E-state index in [9.17, 15) is 19.2 Å². The number of nitrogens with two attached hydrogens (primary N) is 1. The van der Waals surface area contributed by atoms with Gasteiger partial charge in [0.15, 0.2) is 0 Å². The lowest BCUT2D eigenvalue weighted by molar-refractivity contribution is -0.142. The Hall–Kier alpha value is -1.81. The van der Waals surface area contributed by atoms with Crippen molar-refractivity contribution in [2.45, 2.75) is 44.8 Å². The van der Waals surface area contributed by atoms with Crippen LogP contribution in [0, 0.1) is 5.92 Å². The molecule has 1 aliphatic heterocycles. The minimum atomic E-state index is -1.16. The maximum Gasteiger partial charge on any atom is 0.322 e. The van der Waals surface area contributed by atoms with Crippen molar-refractivity contribution in [1.29, 1.82) is 0 Å². The van der Waals surface area contributed by atoms with Crippen LogP contribution in [0.5, 0.6) is 0 Å². The van der Waals surface area contributed by atoms with Crippen molar-refractivity contribution >= 4 is 36.3 Å². The standard InChI is InChI=1S/C15H26N4O5S/c1-8(2)12(16)14(23)18-9(7-25)15(24)19-5-3-4-10(19)13(22)17-6-11(20)21/h8-10,12,25H,3-7,16H2,1-2H3,(H,17,22)(H,18,23)(H,20,21). The summed E-state index contributed by atoms with van der Waals surface area (Å²) in [4.78, 5) is 48.8. The zero-order valence-electron chi connectivity index (χ0n) is 14.4. The van der Waals surface area contributed by atoms with Gasteiger partial charge in [0, 0.05) is 12.3 Å². The molecule has 1 rings (SSSR count). The average Bonchev–Trinajstić information content (AvgIpc) is 3.05. The van der Waals surface area contributed by atoms with Gasteiger partial charge < -0.3 is 26.4 Å². The predicted molar refractivity (Wildman–Crippen MR) is 94.0 cm³/mol. The number of aliphatic carboxylic acids is 1. The van der Waals surface area contributed by atoms with Crippen LogP contribution >= 0.6 is 12.6 Å². The second-order valence-corrected chi connectivity index (χ2v) is 6.68. The third-order valence-corrected chi connectivity index (χ3v) is 4.44. The number of hydrogen-bond donors (Lipinski definition) is 5. The summed E-state index contributed by atoms with van der Waals surface area (Å²) in [5.41, 5.74) is 5.78. The van der Waals surface area contributed by atoms with Crippen molar-refractivity contribution in [1.82, 2.24) is 15.5 Å². The molecule has 0 radical (unpaired) electrons. The number of hydrogen-bond acceptors (Lipinski definition) is 6. The van der Waals surface area contributed by atoms with Gasteiger partial charge in [-0.2, -0.15) is 12.6 Å². The van der Waals surface area contributed by atoms with E-state index in [1.54, 1.807) is 13.8 Å². The number of carboxylic acid groups (broad SMARTS) is 1. The molecular formula is C15H26N4O5S. The van der Waals surface area contributed by atoms with Gasteiger partial charge in [0.1, 0.15) is 18.6 Å². The molecule has 5 N–H and O–H groups in total. The summed E-state index contributed by atoms with van der Waals surface area (Å²) in [6.45, 7) is 3.45. The summed E-state index contributed by atoms with van der Waals surface area (Å²) in [6.07, 6.45) is 1.06. The molecule has 142 valence electrons. The minimum absolute atomic E-state index is 0.0648.